The van der Waals surface area contributed by atoms with Crippen molar-refractivity contribution in [2.45, 2.75) is 65.2 Å². The number of hydrogen-bond donors (Lipinski definition) is 2. The van der Waals surface area contributed by atoms with Gasteiger partial charge in [0.25, 0.3) is 0 Å². The van der Waals surface area contributed by atoms with Gasteiger partial charge in [0.2, 0.25) is 5.91 Å². The Balaban J connectivity index is 3.47. The molecule has 0 aliphatic heterocycles. The highest BCUT2D eigenvalue weighted by Crippen LogP contribution is 2.16. The number of carbonyl (C=O) groups is 1. The van der Waals surface area contributed by atoms with Crippen LogP contribution in [0, 0.1) is 5.92 Å². The van der Waals surface area contributed by atoms with Gasteiger partial charge in [-0.25, -0.2) is 0 Å². The van der Waals surface area contributed by atoms with Gasteiger partial charge < -0.3 is 15.8 Å². The minimum atomic E-state index is 0.164. The third kappa shape index (κ3) is 12.4. The molecular formula is C16H34N2O2. The fourth-order valence-electron chi connectivity index (χ4n) is 2.25. The van der Waals surface area contributed by atoms with Gasteiger partial charge in [0.05, 0.1) is 0 Å². The number of carbonyl (C=O) groups excluding carboxylic acids is 1. The number of hydrogen-bond acceptors (Lipinski definition) is 3. The first-order chi connectivity index (χ1) is 9.74. The lowest BCUT2D eigenvalue weighted by atomic mass is 9.94. The Hall–Kier alpha value is -0.610. The fraction of sp³-hybridized carbons (Fsp3) is 0.938. The second kappa shape index (κ2) is 14.8. The van der Waals surface area contributed by atoms with Crippen molar-refractivity contribution in [2.75, 3.05) is 26.3 Å². The highest BCUT2D eigenvalue weighted by molar-refractivity contribution is 5.75. The average Bonchev–Trinajstić information content (AvgIpc) is 2.44. The molecule has 0 spiro atoms. The number of rotatable bonds is 14. The number of ether oxygens (including phenoxy) is 1. The first-order valence-electron chi connectivity index (χ1n) is 8.29. The van der Waals surface area contributed by atoms with Crippen LogP contribution in [0.5, 0.6) is 0 Å². The van der Waals surface area contributed by atoms with Crippen LogP contribution in [0.3, 0.4) is 0 Å². The van der Waals surface area contributed by atoms with E-state index >= 15 is 0 Å². The van der Waals surface area contributed by atoms with E-state index in [1.54, 1.807) is 0 Å². The van der Waals surface area contributed by atoms with Crippen molar-refractivity contribution in [1.29, 1.82) is 0 Å². The van der Waals surface area contributed by atoms with Gasteiger partial charge in [-0.05, 0) is 38.1 Å². The van der Waals surface area contributed by atoms with E-state index in [0.717, 1.165) is 52.0 Å². The van der Waals surface area contributed by atoms with Crippen LogP contribution in [0.25, 0.3) is 0 Å². The SMILES string of the molecule is CCCCOCCCNC(=O)CCC(CCC)CCN. The molecule has 120 valence electrons. The summed E-state index contributed by atoms with van der Waals surface area (Å²) in [7, 11) is 0. The van der Waals surface area contributed by atoms with E-state index in [1.165, 1.54) is 19.3 Å². The largest absolute Gasteiger partial charge is 0.381 e. The van der Waals surface area contributed by atoms with E-state index in [1.807, 2.05) is 0 Å². The molecule has 0 rings (SSSR count). The third-order valence-corrected chi connectivity index (χ3v) is 3.48. The minimum Gasteiger partial charge on any atom is -0.381 e. The van der Waals surface area contributed by atoms with E-state index in [2.05, 4.69) is 19.2 Å². The van der Waals surface area contributed by atoms with Crippen molar-refractivity contribution >= 4 is 5.91 Å². The average molecular weight is 286 g/mol. The Morgan fingerprint density at radius 1 is 1.10 bits per heavy atom. The molecule has 0 aromatic heterocycles. The Morgan fingerprint density at radius 2 is 1.85 bits per heavy atom. The highest BCUT2D eigenvalue weighted by Gasteiger charge is 2.09. The van der Waals surface area contributed by atoms with Gasteiger partial charge in [0.15, 0.2) is 0 Å². The summed E-state index contributed by atoms with van der Waals surface area (Å²) in [6.45, 7) is 7.36. The monoisotopic (exact) mass is 286 g/mol. The summed E-state index contributed by atoms with van der Waals surface area (Å²) in [6, 6.07) is 0. The second-order valence-corrected chi connectivity index (χ2v) is 5.44. The third-order valence-electron chi connectivity index (χ3n) is 3.48. The summed E-state index contributed by atoms with van der Waals surface area (Å²) in [5, 5.41) is 2.96. The topological polar surface area (TPSA) is 64.3 Å². The van der Waals surface area contributed by atoms with E-state index in [4.69, 9.17) is 10.5 Å². The molecule has 0 heterocycles. The predicted octanol–water partition coefficient (Wildman–Crippen LogP) is 2.85. The molecule has 1 amide bonds. The van der Waals surface area contributed by atoms with Crippen molar-refractivity contribution in [3.05, 3.63) is 0 Å². The van der Waals surface area contributed by atoms with Crippen LogP contribution in [0.15, 0.2) is 0 Å². The molecule has 0 aliphatic carbocycles. The van der Waals surface area contributed by atoms with Crippen molar-refractivity contribution in [1.82, 2.24) is 5.32 Å². The number of nitrogens with two attached hydrogens (primary N) is 1. The Labute approximate surface area is 124 Å². The molecule has 1 unspecified atom stereocenters. The molecule has 4 nitrogen and oxygen atoms in total. The van der Waals surface area contributed by atoms with Crippen LogP contribution in [-0.4, -0.2) is 32.2 Å². The van der Waals surface area contributed by atoms with Gasteiger partial charge >= 0.3 is 0 Å². The van der Waals surface area contributed by atoms with Crippen LogP contribution in [0.1, 0.15) is 65.2 Å². The maximum Gasteiger partial charge on any atom is 0.220 e. The van der Waals surface area contributed by atoms with Crippen LogP contribution in [0.2, 0.25) is 0 Å². The quantitative estimate of drug-likeness (QED) is 0.483. The van der Waals surface area contributed by atoms with Crippen molar-refractivity contribution in [3.8, 4) is 0 Å². The predicted molar refractivity (Wildman–Crippen MR) is 84.7 cm³/mol. The Kier molecular flexibility index (Phi) is 14.3. The Bertz CT molecular complexity index is 217. The maximum absolute atomic E-state index is 11.7. The van der Waals surface area contributed by atoms with Crippen molar-refractivity contribution < 1.29 is 9.53 Å². The normalized spacial score (nSPS) is 12.3. The van der Waals surface area contributed by atoms with Gasteiger partial charge in [-0.1, -0.05) is 33.1 Å². The second-order valence-electron chi connectivity index (χ2n) is 5.44. The van der Waals surface area contributed by atoms with Gasteiger partial charge in [0.1, 0.15) is 0 Å². The van der Waals surface area contributed by atoms with Crippen LogP contribution in [-0.2, 0) is 9.53 Å². The summed E-state index contributed by atoms with van der Waals surface area (Å²) >= 11 is 0. The molecule has 0 aliphatic rings. The van der Waals surface area contributed by atoms with Gasteiger partial charge in [-0.15, -0.1) is 0 Å². The molecule has 0 aromatic rings. The first kappa shape index (κ1) is 19.4. The number of unbranched alkanes of at least 4 members (excludes halogenated alkanes) is 1. The fourth-order valence-corrected chi connectivity index (χ4v) is 2.25. The summed E-state index contributed by atoms with van der Waals surface area (Å²) in [5.74, 6) is 0.768. The van der Waals surface area contributed by atoms with Gasteiger partial charge in [-0.3, -0.25) is 4.79 Å². The molecular weight excluding hydrogens is 252 g/mol. The molecule has 0 saturated carbocycles. The van der Waals surface area contributed by atoms with E-state index in [-0.39, 0.29) is 5.91 Å². The summed E-state index contributed by atoms with van der Waals surface area (Å²) in [6.07, 6.45) is 8.15. The molecule has 0 fully saturated rings. The zero-order valence-corrected chi connectivity index (χ0v) is 13.5. The zero-order chi connectivity index (χ0) is 15.1. The molecule has 4 heteroatoms. The van der Waals surface area contributed by atoms with Crippen molar-refractivity contribution in [2.24, 2.45) is 11.7 Å². The summed E-state index contributed by atoms with van der Waals surface area (Å²) < 4.78 is 5.45. The highest BCUT2D eigenvalue weighted by atomic mass is 16.5. The van der Waals surface area contributed by atoms with E-state index < -0.39 is 0 Å². The Morgan fingerprint density at radius 3 is 2.50 bits per heavy atom. The van der Waals surface area contributed by atoms with Crippen LogP contribution < -0.4 is 11.1 Å². The lowest BCUT2D eigenvalue weighted by molar-refractivity contribution is -0.121. The maximum atomic E-state index is 11.7. The molecule has 0 saturated heterocycles. The standard InChI is InChI=1S/C16H34N2O2/c1-3-5-13-20-14-6-12-18-16(19)9-8-15(7-4-2)10-11-17/h15H,3-14,17H2,1-2H3,(H,18,19). The van der Waals surface area contributed by atoms with Crippen LogP contribution >= 0.6 is 0 Å². The summed E-state index contributed by atoms with van der Waals surface area (Å²) in [4.78, 5) is 11.7. The minimum absolute atomic E-state index is 0.164. The first-order valence-corrected chi connectivity index (χ1v) is 8.29. The number of nitrogens with one attached hydrogen (secondary N) is 1. The van der Waals surface area contributed by atoms with Crippen LogP contribution in [0.4, 0.5) is 0 Å². The molecule has 0 aromatic carbocycles. The molecule has 1 atom stereocenters. The lowest BCUT2D eigenvalue weighted by Gasteiger charge is -2.14. The smallest absolute Gasteiger partial charge is 0.220 e. The molecule has 20 heavy (non-hydrogen) atoms. The lowest BCUT2D eigenvalue weighted by Crippen LogP contribution is -2.25. The number of amides is 1. The van der Waals surface area contributed by atoms with E-state index in [0.29, 0.717) is 12.3 Å². The van der Waals surface area contributed by atoms with Crippen molar-refractivity contribution in [3.63, 3.8) is 0 Å². The van der Waals surface area contributed by atoms with Gasteiger partial charge in [0, 0.05) is 26.2 Å². The summed E-state index contributed by atoms with van der Waals surface area (Å²) in [5.41, 5.74) is 5.60. The molecule has 0 radical (unpaired) electrons. The van der Waals surface area contributed by atoms with Gasteiger partial charge in [-0.2, -0.15) is 0 Å². The zero-order valence-electron chi connectivity index (χ0n) is 13.5. The molecule has 3 N–H and O–H groups in total. The molecule has 0 bridgehead atoms. The van der Waals surface area contributed by atoms with E-state index in [9.17, 15) is 4.79 Å².